The van der Waals surface area contributed by atoms with Gasteiger partial charge in [0.2, 0.25) is 0 Å². The number of rotatable bonds is 8. The number of nitrogens with zero attached hydrogens (tertiary/aromatic N) is 2. The number of para-hydroxylation sites is 2. The lowest BCUT2D eigenvalue weighted by molar-refractivity contribution is 0.0657. The summed E-state index contributed by atoms with van der Waals surface area (Å²) in [6, 6.07) is 19.7. The van der Waals surface area contributed by atoms with Crippen LogP contribution in [-0.2, 0) is 10.0 Å². The molecule has 0 radical (unpaired) electrons. The van der Waals surface area contributed by atoms with Crippen LogP contribution in [0.1, 0.15) is 34.4 Å². The first kappa shape index (κ1) is 26.2. The van der Waals surface area contributed by atoms with Crippen LogP contribution < -0.4 is 20.1 Å². The number of ether oxygens (including phenoxy) is 1. The Bertz CT molecular complexity index is 1580. The summed E-state index contributed by atoms with van der Waals surface area (Å²) in [5, 5.41) is 9.93. The third-order valence-corrected chi connectivity index (χ3v) is 7.79. The summed E-state index contributed by atoms with van der Waals surface area (Å²) in [4.78, 5) is 13.1. The summed E-state index contributed by atoms with van der Waals surface area (Å²) in [6.07, 6.45) is -1.32. The van der Waals surface area contributed by atoms with Crippen LogP contribution in [0.5, 0.6) is 5.75 Å². The molecule has 0 fully saturated rings. The number of anilines is 3. The zero-order chi connectivity index (χ0) is 27.6. The summed E-state index contributed by atoms with van der Waals surface area (Å²) in [6.45, 7) is 0. The van der Waals surface area contributed by atoms with Gasteiger partial charge >= 0.3 is 0 Å². The van der Waals surface area contributed by atoms with Gasteiger partial charge in [0, 0.05) is 5.69 Å². The Kier molecular flexibility index (Phi) is 7.20. The molecule has 0 saturated carbocycles. The second kappa shape index (κ2) is 10.7. The Morgan fingerprint density at radius 2 is 1.74 bits per heavy atom. The maximum atomic E-state index is 13.9. The van der Waals surface area contributed by atoms with E-state index in [-0.39, 0.29) is 28.4 Å². The fourth-order valence-corrected chi connectivity index (χ4v) is 5.52. The molecule has 5 rings (SSSR count). The fraction of sp³-hybridized carbons (Fsp3) is 0.185. The molecule has 3 aromatic carbocycles. The zero-order valence-electron chi connectivity index (χ0n) is 20.7. The van der Waals surface area contributed by atoms with Gasteiger partial charge in [-0.3, -0.25) is 9.52 Å². The highest BCUT2D eigenvalue weighted by Crippen LogP contribution is 2.39. The molecule has 1 aliphatic rings. The van der Waals surface area contributed by atoms with E-state index in [1.807, 2.05) is 30.3 Å². The molecule has 0 aliphatic carbocycles. The molecule has 0 spiro atoms. The van der Waals surface area contributed by atoms with Crippen molar-refractivity contribution >= 4 is 33.1 Å². The zero-order valence-corrected chi connectivity index (χ0v) is 21.5. The third-order valence-electron chi connectivity index (χ3n) is 6.41. The molecular formula is C27H25F2N5O4S. The normalized spacial score (nSPS) is 16.7. The number of amides is 1. The van der Waals surface area contributed by atoms with Gasteiger partial charge < -0.3 is 15.4 Å². The van der Waals surface area contributed by atoms with Crippen molar-refractivity contribution in [1.29, 1.82) is 0 Å². The molecule has 4 aromatic rings. The standard InChI is InChI=1S/C27H25F2N5O4S/c1-38-24-10-6-5-9-21(24)33-39(36,37)19-13-11-18(12-14-19)31-27(35)20-16-30-34-23(25(28)29)15-22(32-26(20)34)17-7-3-2-4-8-17/h2-14,16,22-23,25,32-33H,15H2,1H3,(H,31,35)/t22-,23+/m1/s1. The maximum absolute atomic E-state index is 13.9. The number of aromatic nitrogens is 2. The predicted octanol–water partition coefficient (Wildman–Crippen LogP) is 5.31. The number of carbonyl (C=O) groups excluding carboxylic acids is 1. The van der Waals surface area contributed by atoms with Crippen LogP contribution in [0.15, 0.2) is 90.0 Å². The van der Waals surface area contributed by atoms with E-state index in [9.17, 15) is 22.0 Å². The minimum absolute atomic E-state index is 0.0264. The molecule has 0 bridgehead atoms. The largest absolute Gasteiger partial charge is 0.495 e. The Morgan fingerprint density at radius 3 is 2.44 bits per heavy atom. The number of nitrogens with one attached hydrogen (secondary N) is 3. The Morgan fingerprint density at radius 1 is 1.05 bits per heavy atom. The fourth-order valence-electron chi connectivity index (χ4n) is 4.45. The van der Waals surface area contributed by atoms with Gasteiger partial charge in [-0.2, -0.15) is 5.10 Å². The first-order valence-electron chi connectivity index (χ1n) is 12.0. The van der Waals surface area contributed by atoms with E-state index < -0.39 is 34.4 Å². The number of sulfonamides is 1. The molecule has 0 unspecified atom stereocenters. The first-order chi connectivity index (χ1) is 18.8. The number of methoxy groups -OCH3 is 1. The highest BCUT2D eigenvalue weighted by molar-refractivity contribution is 7.92. The van der Waals surface area contributed by atoms with Crippen molar-refractivity contribution in [1.82, 2.24) is 9.78 Å². The van der Waals surface area contributed by atoms with E-state index in [2.05, 4.69) is 20.5 Å². The van der Waals surface area contributed by atoms with Gasteiger partial charge in [0.1, 0.15) is 23.2 Å². The quantitative estimate of drug-likeness (QED) is 0.273. The van der Waals surface area contributed by atoms with Gasteiger partial charge in [-0.15, -0.1) is 0 Å². The van der Waals surface area contributed by atoms with E-state index in [0.29, 0.717) is 11.4 Å². The molecule has 9 nitrogen and oxygen atoms in total. The summed E-state index contributed by atoms with van der Waals surface area (Å²) < 4.78 is 62.3. The average Bonchev–Trinajstić information content (AvgIpc) is 3.37. The Labute approximate surface area is 223 Å². The van der Waals surface area contributed by atoms with Crippen molar-refractivity contribution in [2.24, 2.45) is 0 Å². The lowest BCUT2D eigenvalue weighted by atomic mass is 9.97. The number of halogens is 2. The molecule has 1 aliphatic heterocycles. The van der Waals surface area contributed by atoms with E-state index in [1.165, 1.54) is 37.6 Å². The smallest absolute Gasteiger partial charge is 0.262 e. The minimum atomic E-state index is -3.93. The van der Waals surface area contributed by atoms with Crippen LogP contribution in [0.25, 0.3) is 0 Å². The van der Waals surface area contributed by atoms with Crippen molar-refractivity contribution in [2.75, 3.05) is 22.5 Å². The second-order valence-corrected chi connectivity index (χ2v) is 10.6. The highest BCUT2D eigenvalue weighted by Gasteiger charge is 2.36. The van der Waals surface area contributed by atoms with Crippen molar-refractivity contribution in [3.63, 3.8) is 0 Å². The summed E-state index contributed by atoms with van der Waals surface area (Å²) in [5.41, 5.74) is 1.51. The van der Waals surface area contributed by atoms with Gasteiger partial charge in [0.15, 0.2) is 0 Å². The molecule has 2 atom stereocenters. The lowest BCUT2D eigenvalue weighted by Crippen LogP contribution is -2.31. The van der Waals surface area contributed by atoms with Crippen LogP contribution in [-0.4, -0.2) is 37.6 Å². The van der Waals surface area contributed by atoms with Gasteiger partial charge in [0.25, 0.3) is 22.4 Å². The van der Waals surface area contributed by atoms with Gasteiger partial charge in [-0.1, -0.05) is 42.5 Å². The van der Waals surface area contributed by atoms with Gasteiger partial charge in [-0.05, 0) is 48.4 Å². The molecule has 0 saturated heterocycles. The van der Waals surface area contributed by atoms with E-state index in [4.69, 9.17) is 4.74 Å². The van der Waals surface area contributed by atoms with E-state index >= 15 is 0 Å². The van der Waals surface area contributed by atoms with Crippen molar-refractivity contribution < 1.29 is 26.7 Å². The van der Waals surface area contributed by atoms with E-state index in [1.54, 1.807) is 24.3 Å². The number of hydrogen-bond donors (Lipinski definition) is 3. The predicted molar refractivity (Wildman–Crippen MR) is 143 cm³/mol. The first-order valence-corrected chi connectivity index (χ1v) is 13.5. The maximum Gasteiger partial charge on any atom is 0.262 e. The molecule has 202 valence electrons. The number of hydrogen-bond acceptors (Lipinski definition) is 6. The average molecular weight is 554 g/mol. The lowest BCUT2D eigenvalue weighted by Gasteiger charge is -2.32. The van der Waals surface area contributed by atoms with Crippen LogP contribution >= 0.6 is 0 Å². The van der Waals surface area contributed by atoms with Crippen LogP contribution in [0.4, 0.5) is 26.0 Å². The molecule has 3 N–H and O–H groups in total. The number of benzene rings is 3. The van der Waals surface area contributed by atoms with Gasteiger partial charge in [0.05, 0.1) is 29.9 Å². The molecule has 1 amide bonds. The van der Waals surface area contributed by atoms with Crippen LogP contribution in [0.2, 0.25) is 0 Å². The van der Waals surface area contributed by atoms with Crippen LogP contribution in [0, 0.1) is 0 Å². The van der Waals surface area contributed by atoms with E-state index in [0.717, 1.165) is 10.2 Å². The molecular weight excluding hydrogens is 528 g/mol. The summed E-state index contributed by atoms with van der Waals surface area (Å²) in [5.74, 6) is -0.0157. The number of carbonyl (C=O) groups is 1. The highest BCUT2D eigenvalue weighted by atomic mass is 32.2. The SMILES string of the molecule is COc1ccccc1NS(=O)(=O)c1ccc(NC(=O)c2cnn3c2N[C@@H](c2ccccc2)C[C@H]3C(F)F)cc1. The number of alkyl halides is 2. The van der Waals surface area contributed by atoms with Crippen molar-refractivity contribution in [3.05, 3.63) is 96.2 Å². The molecule has 1 aromatic heterocycles. The summed E-state index contributed by atoms with van der Waals surface area (Å²) in [7, 11) is -2.49. The number of fused-ring (bicyclic) bond motifs is 1. The summed E-state index contributed by atoms with van der Waals surface area (Å²) >= 11 is 0. The molecule has 12 heteroatoms. The van der Waals surface area contributed by atoms with Crippen LogP contribution in [0.3, 0.4) is 0 Å². The van der Waals surface area contributed by atoms with Crippen molar-refractivity contribution in [2.45, 2.75) is 29.8 Å². The Hall–Kier alpha value is -4.45. The topological polar surface area (TPSA) is 114 Å². The molecule has 2 heterocycles. The minimum Gasteiger partial charge on any atom is -0.495 e. The second-order valence-electron chi connectivity index (χ2n) is 8.88. The third kappa shape index (κ3) is 5.41. The van der Waals surface area contributed by atoms with Crippen molar-refractivity contribution in [3.8, 4) is 5.75 Å². The Balaban J connectivity index is 1.34. The van der Waals surface area contributed by atoms with Gasteiger partial charge in [-0.25, -0.2) is 21.9 Å². The monoisotopic (exact) mass is 553 g/mol. The molecule has 39 heavy (non-hydrogen) atoms.